The van der Waals surface area contributed by atoms with Gasteiger partial charge in [-0.2, -0.15) is 0 Å². The van der Waals surface area contributed by atoms with Crippen molar-refractivity contribution < 1.29 is 22.7 Å². The first kappa shape index (κ1) is 21.1. The van der Waals surface area contributed by atoms with Gasteiger partial charge >= 0.3 is 0 Å². The number of hydrogen-bond donors (Lipinski definition) is 1. The molecule has 2 aromatic carbocycles. The van der Waals surface area contributed by atoms with Crippen LogP contribution < -0.4 is 14.4 Å². The summed E-state index contributed by atoms with van der Waals surface area (Å²) in [5.74, 6) is 0.315. The van der Waals surface area contributed by atoms with Crippen LogP contribution in [0.2, 0.25) is 0 Å². The molecule has 1 heterocycles. The summed E-state index contributed by atoms with van der Waals surface area (Å²) in [7, 11) is -0.801. The van der Waals surface area contributed by atoms with Gasteiger partial charge in [0.25, 0.3) is 15.9 Å². The minimum absolute atomic E-state index is 0.00734. The van der Waals surface area contributed by atoms with Crippen molar-refractivity contribution in [2.45, 2.75) is 36.8 Å². The summed E-state index contributed by atoms with van der Waals surface area (Å²) in [5.41, 5.74) is 0.784. The summed E-state index contributed by atoms with van der Waals surface area (Å²) in [5, 5.41) is 2.90. The van der Waals surface area contributed by atoms with Crippen LogP contribution in [0, 0.1) is 0 Å². The molecule has 156 valence electrons. The lowest BCUT2D eigenvalue weighted by Crippen LogP contribution is -2.40. The van der Waals surface area contributed by atoms with E-state index in [4.69, 9.17) is 9.47 Å². The minimum Gasteiger partial charge on any atom is -0.497 e. The molecule has 29 heavy (non-hydrogen) atoms. The number of carbonyl (C=O) groups is 1. The van der Waals surface area contributed by atoms with Gasteiger partial charge in [-0.05, 0) is 62.2 Å². The van der Waals surface area contributed by atoms with Crippen LogP contribution in [0.25, 0.3) is 0 Å². The number of anilines is 1. The molecular formula is C21H26N2O5S. The molecule has 0 aliphatic carbocycles. The number of carbonyl (C=O) groups excluding carboxylic acids is 1. The van der Waals surface area contributed by atoms with Crippen molar-refractivity contribution in [1.82, 2.24) is 5.32 Å². The molecule has 1 amide bonds. The first-order valence-corrected chi connectivity index (χ1v) is 10.9. The third-order valence-electron chi connectivity index (χ3n) is 5.07. The number of benzene rings is 2. The van der Waals surface area contributed by atoms with Crippen molar-refractivity contribution in [3.63, 3.8) is 0 Å². The average molecular weight is 419 g/mol. The van der Waals surface area contributed by atoms with Gasteiger partial charge in [0.1, 0.15) is 5.75 Å². The molecule has 0 radical (unpaired) electrons. The molecule has 0 bridgehead atoms. The van der Waals surface area contributed by atoms with E-state index in [9.17, 15) is 13.2 Å². The number of sulfonamides is 1. The zero-order valence-electron chi connectivity index (χ0n) is 16.8. The van der Waals surface area contributed by atoms with Crippen molar-refractivity contribution in [1.29, 1.82) is 0 Å². The highest BCUT2D eigenvalue weighted by Crippen LogP contribution is 2.25. The Kier molecular flexibility index (Phi) is 6.44. The van der Waals surface area contributed by atoms with E-state index in [0.717, 1.165) is 12.8 Å². The topological polar surface area (TPSA) is 84.9 Å². The largest absolute Gasteiger partial charge is 0.497 e. The number of nitrogens with one attached hydrogen (secondary N) is 1. The fourth-order valence-corrected chi connectivity index (χ4v) is 4.51. The zero-order chi connectivity index (χ0) is 21.0. The van der Waals surface area contributed by atoms with Crippen molar-refractivity contribution in [3.05, 3.63) is 54.1 Å². The van der Waals surface area contributed by atoms with Gasteiger partial charge in [-0.3, -0.25) is 9.10 Å². The Morgan fingerprint density at radius 1 is 1.24 bits per heavy atom. The molecule has 2 atom stereocenters. The maximum atomic E-state index is 13.0. The molecule has 7 nitrogen and oxygen atoms in total. The van der Waals surface area contributed by atoms with Gasteiger partial charge in [-0.1, -0.05) is 6.07 Å². The van der Waals surface area contributed by atoms with Crippen molar-refractivity contribution in [2.75, 3.05) is 25.1 Å². The Bertz CT molecular complexity index is 953. The summed E-state index contributed by atoms with van der Waals surface area (Å²) >= 11 is 0. The summed E-state index contributed by atoms with van der Waals surface area (Å²) in [4.78, 5) is 12.7. The second-order valence-corrected chi connectivity index (χ2v) is 8.98. The van der Waals surface area contributed by atoms with Crippen LogP contribution in [0.5, 0.6) is 5.75 Å². The van der Waals surface area contributed by atoms with Crippen LogP contribution in [0.1, 0.15) is 30.1 Å². The number of methoxy groups -OCH3 is 1. The molecule has 0 spiro atoms. The van der Waals surface area contributed by atoms with Crippen LogP contribution in [0.4, 0.5) is 5.69 Å². The Morgan fingerprint density at radius 3 is 2.59 bits per heavy atom. The monoisotopic (exact) mass is 418 g/mol. The Morgan fingerprint density at radius 2 is 1.97 bits per heavy atom. The quantitative estimate of drug-likeness (QED) is 0.747. The summed E-state index contributed by atoms with van der Waals surface area (Å²) < 4.78 is 38.0. The average Bonchev–Trinajstić information content (AvgIpc) is 3.28. The maximum absolute atomic E-state index is 13.0. The third-order valence-corrected chi connectivity index (χ3v) is 6.85. The van der Waals surface area contributed by atoms with E-state index in [0.29, 0.717) is 23.6 Å². The molecule has 1 aliphatic rings. The SMILES string of the molecule is COc1ccc(N(C)S(=O)(=O)c2cccc(C(=O)NC(C)C3CCCO3)c2)cc1. The predicted molar refractivity (Wildman–Crippen MR) is 111 cm³/mol. The van der Waals surface area contributed by atoms with E-state index in [1.165, 1.54) is 23.5 Å². The minimum atomic E-state index is -3.82. The number of rotatable bonds is 7. The van der Waals surface area contributed by atoms with E-state index in [1.54, 1.807) is 43.5 Å². The number of hydrogen-bond acceptors (Lipinski definition) is 5. The van der Waals surface area contributed by atoms with Gasteiger partial charge in [0.15, 0.2) is 0 Å². The van der Waals surface area contributed by atoms with E-state index < -0.39 is 10.0 Å². The van der Waals surface area contributed by atoms with Crippen molar-refractivity contribution in [3.8, 4) is 5.75 Å². The fourth-order valence-electron chi connectivity index (χ4n) is 3.27. The van der Waals surface area contributed by atoms with Crippen LogP contribution in [-0.2, 0) is 14.8 Å². The Hall–Kier alpha value is -2.58. The molecule has 2 unspecified atom stereocenters. The molecule has 3 rings (SSSR count). The van der Waals surface area contributed by atoms with Crippen LogP contribution >= 0.6 is 0 Å². The lowest BCUT2D eigenvalue weighted by atomic mass is 10.1. The summed E-state index contributed by atoms with van der Waals surface area (Å²) in [6.07, 6.45) is 1.88. The molecule has 0 aromatic heterocycles. The highest BCUT2D eigenvalue weighted by atomic mass is 32.2. The highest BCUT2D eigenvalue weighted by Gasteiger charge is 2.26. The van der Waals surface area contributed by atoms with Crippen molar-refractivity contribution >= 4 is 21.6 Å². The number of amides is 1. The van der Waals surface area contributed by atoms with Crippen LogP contribution in [0.3, 0.4) is 0 Å². The molecule has 0 saturated carbocycles. The molecule has 1 N–H and O–H groups in total. The van der Waals surface area contributed by atoms with Crippen molar-refractivity contribution in [2.24, 2.45) is 0 Å². The highest BCUT2D eigenvalue weighted by molar-refractivity contribution is 7.92. The maximum Gasteiger partial charge on any atom is 0.264 e. The predicted octanol–water partition coefficient (Wildman–Crippen LogP) is 2.82. The lowest BCUT2D eigenvalue weighted by Gasteiger charge is -2.21. The molecular weight excluding hydrogens is 392 g/mol. The normalized spacial score (nSPS) is 17.6. The second kappa shape index (κ2) is 8.84. The first-order valence-electron chi connectivity index (χ1n) is 9.48. The first-order chi connectivity index (χ1) is 13.8. The van der Waals surface area contributed by atoms with E-state index >= 15 is 0 Å². The van der Waals surface area contributed by atoms with E-state index in [1.807, 2.05) is 6.92 Å². The molecule has 1 fully saturated rings. The van der Waals surface area contributed by atoms with Gasteiger partial charge in [0.05, 0.1) is 29.8 Å². The summed E-state index contributed by atoms with van der Waals surface area (Å²) in [6.45, 7) is 2.60. The Balaban J connectivity index is 1.78. The molecule has 8 heteroatoms. The second-order valence-electron chi connectivity index (χ2n) is 7.01. The number of nitrogens with zero attached hydrogens (tertiary/aromatic N) is 1. The fraction of sp³-hybridized carbons (Fsp3) is 0.381. The lowest BCUT2D eigenvalue weighted by molar-refractivity contribution is 0.0712. The third kappa shape index (κ3) is 4.71. The standard InChI is InChI=1S/C21H26N2O5S/c1-15(20-8-5-13-28-20)22-21(24)16-6-4-7-19(14-16)29(25,26)23(2)17-9-11-18(27-3)12-10-17/h4,6-7,9-12,14-15,20H,5,8,13H2,1-3H3,(H,22,24). The van der Waals surface area contributed by atoms with Gasteiger partial charge in [0.2, 0.25) is 0 Å². The van der Waals surface area contributed by atoms with Gasteiger partial charge in [-0.15, -0.1) is 0 Å². The van der Waals surface area contributed by atoms with Gasteiger partial charge < -0.3 is 14.8 Å². The van der Waals surface area contributed by atoms with Gasteiger partial charge in [0, 0.05) is 19.2 Å². The van der Waals surface area contributed by atoms with Crippen LogP contribution in [-0.4, -0.2) is 47.2 Å². The smallest absolute Gasteiger partial charge is 0.264 e. The van der Waals surface area contributed by atoms with Crippen LogP contribution in [0.15, 0.2) is 53.4 Å². The summed E-state index contributed by atoms with van der Waals surface area (Å²) in [6, 6.07) is 12.6. The van der Waals surface area contributed by atoms with E-state index in [-0.39, 0.29) is 22.9 Å². The zero-order valence-corrected chi connectivity index (χ0v) is 17.6. The van der Waals surface area contributed by atoms with E-state index in [2.05, 4.69) is 5.32 Å². The molecule has 1 aliphatic heterocycles. The molecule has 1 saturated heterocycles. The molecule has 2 aromatic rings. The van der Waals surface area contributed by atoms with Gasteiger partial charge in [-0.25, -0.2) is 8.42 Å². The number of ether oxygens (including phenoxy) is 2. The Labute approximate surface area is 171 Å².